The van der Waals surface area contributed by atoms with Gasteiger partial charge in [-0.25, -0.2) is 4.79 Å². The largest absolute Gasteiger partial charge is 0.465 e. The number of ether oxygens (including phenoxy) is 1. The van der Waals surface area contributed by atoms with Crippen LogP contribution in [0.25, 0.3) is 0 Å². The molecule has 0 aliphatic rings. The van der Waals surface area contributed by atoms with Crippen molar-refractivity contribution < 1.29 is 14.3 Å². The molecule has 1 aromatic rings. The molecule has 1 rings (SSSR count). The third-order valence-corrected chi connectivity index (χ3v) is 1.74. The number of carbonyl (C=O) groups is 2. The summed E-state index contributed by atoms with van der Waals surface area (Å²) < 4.78 is 4.47. The monoisotopic (exact) mass is 189 g/mol. The molecule has 0 spiro atoms. The molecule has 0 radical (unpaired) electrons. The fourth-order valence-electron chi connectivity index (χ4n) is 1.07. The van der Waals surface area contributed by atoms with Gasteiger partial charge in [0.1, 0.15) is 6.07 Å². The molecule has 4 nitrogen and oxygen atoms in total. The van der Waals surface area contributed by atoms with Crippen LogP contribution < -0.4 is 0 Å². The quantitative estimate of drug-likeness (QED) is 0.517. The first-order valence-electron chi connectivity index (χ1n) is 3.81. The Morgan fingerprint density at radius 1 is 1.57 bits per heavy atom. The van der Waals surface area contributed by atoms with Crippen LogP contribution in [0.1, 0.15) is 26.3 Å². The van der Waals surface area contributed by atoms with Gasteiger partial charge in [0.2, 0.25) is 0 Å². The molecule has 0 amide bonds. The zero-order valence-electron chi connectivity index (χ0n) is 7.48. The number of rotatable bonds is 2. The topological polar surface area (TPSA) is 67.2 Å². The molecular formula is C10H7NO3. The molecule has 0 unspecified atom stereocenters. The second kappa shape index (κ2) is 4.19. The SMILES string of the molecule is COC(=O)c1cccc(C=O)c1C#N. The zero-order valence-corrected chi connectivity index (χ0v) is 7.48. The van der Waals surface area contributed by atoms with E-state index in [0.29, 0.717) is 6.29 Å². The van der Waals surface area contributed by atoms with Gasteiger partial charge in [-0.3, -0.25) is 4.79 Å². The number of hydrogen-bond donors (Lipinski definition) is 0. The van der Waals surface area contributed by atoms with Gasteiger partial charge >= 0.3 is 5.97 Å². The van der Waals surface area contributed by atoms with Gasteiger partial charge in [-0.2, -0.15) is 5.26 Å². The first kappa shape index (κ1) is 9.93. The van der Waals surface area contributed by atoms with E-state index in [1.54, 1.807) is 6.07 Å². The number of nitriles is 1. The average Bonchev–Trinajstić information content (AvgIpc) is 2.26. The van der Waals surface area contributed by atoms with Crippen LogP contribution in [0.5, 0.6) is 0 Å². The summed E-state index contributed by atoms with van der Waals surface area (Å²) in [5.74, 6) is -0.620. The van der Waals surface area contributed by atoms with Gasteiger partial charge in [0.25, 0.3) is 0 Å². The number of esters is 1. The van der Waals surface area contributed by atoms with Gasteiger partial charge in [-0.05, 0) is 6.07 Å². The van der Waals surface area contributed by atoms with Crippen molar-refractivity contribution >= 4 is 12.3 Å². The van der Waals surface area contributed by atoms with Crippen LogP contribution in [0.15, 0.2) is 18.2 Å². The van der Waals surface area contributed by atoms with E-state index in [1.165, 1.54) is 25.3 Å². The lowest BCUT2D eigenvalue weighted by Gasteiger charge is -2.02. The van der Waals surface area contributed by atoms with Crippen LogP contribution in [0.3, 0.4) is 0 Å². The number of benzene rings is 1. The fourth-order valence-corrected chi connectivity index (χ4v) is 1.07. The van der Waals surface area contributed by atoms with Crippen molar-refractivity contribution in [2.75, 3.05) is 7.11 Å². The summed E-state index contributed by atoms with van der Waals surface area (Å²) in [5, 5.41) is 8.76. The minimum absolute atomic E-state index is 0.0503. The lowest BCUT2D eigenvalue weighted by atomic mass is 10.0. The smallest absolute Gasteiger partial charge is 0.339 e. The van der Waals surface area contributed by atoms with Crippen molar-refractivity contribution in [1.82, 2.24) is 0 Å². The second-order valence-corrected chi connectivity index (χ2v) is 2.49. The number of carbonyl (C=O) groups excluding carboxylic acids is 2. The number of hydrogen-bond acceptors (Lipinski definition) is 4. The molecule has 70 valence electrons. The summed E-state index contributed by atoms with van der Waals surface area (Å²) in [6.45, 7) is 0. The Morgan fingerprint density at radius 3 is 2.79 bits per heavy atom. The third-order valence-electron chi connectivity index (χ3n) is 1.74. The molecule has 0 saturated carbocycles. The van der Waals surface area contributed by atoms with Crippen molar-refractivity contribution in [3.63, 3.8) is 0 Å². The maximum absolute atomic E-state index is 11.2. The molecule has 0 fully saturated rings. The molecule has 0 saturated heterocycles. The molecule has 0 atom stereocenters. The van der Waals surface area contributed by atoms with Crippen molar-refractivity contribution in [3.05, 3.63) is 34.9 Å². The van der Waals surface area contributed by atoms with Crippen molar-refractivity contribution in [1.29, 1.82) is 5.26 Å². The number of methoxy groups -OCH3 is 1. The Kier molecular flexibility index (Phi) is 2.97. The molecule has 0 aliphatic carbocycles. The van der Waals surface area contributed by atoms with Gasteiger partial charge < -0.3 is 4.74 Å². The predicted molar refractivity (Wildman–Crippen MR) is 47.9 cm³/mol. The molecule has 4 heteroatoms. The van der Waals surface area contributed by atoms with E-state index in [-0.39, 0.29) is 16.7 Å². The molecule has 14 heavy (non-hydrogen) atoms. The highest BCUT2D eigenvalue weighted by Crippen LogP contribution is 2.13. The maximum atomic E-state index is 11.2. The molecule has 0 bridgehead atoms. The van der Waals surface area contributed by atoms with Crippen LogP contribution in [0.4, 0.5) is 0 Å². The van der Waals surface area contributed by atoms with Crippen LogP contribution in [-0.2, 0) is 4.74 Å². The third kappa shape index (κ3) is 1.62. The van der Waals surface area contributed by atoms with E-state index in [9.17, 15) is 9.59 Å². The molecule has 0 N–H and O–H groups in total. The van der Waals surface area contributed by atoms with Gasteiger partial charge in [0.15, 0.2) is 6.29 Å². The van der Waals surface area contributed by atoms with Crippen molar-refractivity contribution in [3.8, 4) is 6.07 Å². The molecule has 0 aromatic heterocycles. The predicted octanol–water partition coefficient (Wildman–Crippen LogP) is 1.16. The summed E-state index contributed by atoms with van der Waals surface area (Å²) in [7, 11) is 1.22. The summed E-state index contributed by atoms with van der Waals surface area (Å²) in [5.41, 5.74) is 0.351. The van der Waals surface area contributed by atoms with Gasteiger partial charge in [0, 0.05) is 5.56 Å². The Morgan fingerprint density at radius 2 is 2.29 bits per heavy atom. The molecule has 0 heterocycles. The van der Waals surface area contributed by atoms with Gasteiger partial charge in [-0.1, -0.05) is 12.1 Å². The van der Waals surface area contributed by atoms with Crippen molar-refractivity contribution in [2.45, 2.75) is 0 Å². The first-order valence-corrected chi connectivity index (χ1v) is 3.81. The summed E-state index contributed by atoms with van der Waals surface area (Å²) >= 11 is 0. The highest BCUT2D eigenvalue weighted by Gasteiger charge is 2.14. The summed E-state index contributed by atoms with van der Waals surface area (Å²) in [6, 6.07) is 6.23. The minimum Gasteiger partial charge on any atom is -0.465 e. The zero-order chi connectivity index (χ0) is 10.6. The maximum Gasteiger partial charge on any atom is 0.339 e. The number of nitrogens with zero attached hydrogens (tertiary/aromatic N) is 1. The Balaban J connectivity index is 3.38. The highest BCUT2D eigenvalue weighted by atomic mass is 16.5. The van der Waals surface area contributed by atoms with Crippen molar-refractivity contribution in [2.24, 2.45) is 0 Å². The molecule has 0 aliphatic heterocycles. The fraction of sp³-hybridized carbons (Fsp3) is 0.100. The normalized spacial score (nSPS) is 8.86. The van der Waals surface area contributed by atoms with Crippen LogP contribution in [0, 0.1) is 11.3 Å². The van der Waals surface area contributed by atoms with Crippen LogP contribution in [0.2, 0.25) is 0 Å². The summed E-state index contributed by atoms with van der Waals surface area (Å²) in [6.07, 6.45) is 0.533. The highest BCUT2D eigenvalue weighted by molar-refractivity contribution is 5.95. The van der Waals surface area contributed by atoms with Crippen LogP contribution >= 0.6 is 0 Å². The van der Waals surface area contributed by atoms with E-state index in [1.807, 2.05) is 0 Å². The van der Waals surface area contributed by atoms with E-state index in [2.05, 4.69) is 4.74 Å². The second-order valence-electron chi connectivity index (χ2n) is 2.49. The van der Waals surface area contributed by atoms with E-state index in [4.69, 9.17) is 5.26 Å². The van der Waals surface area contributed by atoms with Gasteiger partial charge in [0.05, 0.1) is 18.2 Å². The standard InChI is InChI=1S/C10H7NO3/c1-14-10(13)8-4-2-3-7(6-12)9(8)5-11/h2-4,6H,1H3. The van der Waals surface area contributed by atoms with E-state index >= 15 is 0 Å². The average molecular weight is 189 g/mol. The lowest BCUT2D eigenvalue weighted by molar-refractivity contribution is 0.0600. The van der Waals surface area contributed by atoms with Gasteiger partial charge in [-0.15, -0.1) is 0 Å². The summed E-state index contributed by atoms with van der Waals surface area (Å²) in [4.78, 5) is 21.7. The Bertz CT molecular complexity index is 418. The van der Waals surface area contributed by atoms with E-state index in [0.717, 1.165) is 0 Å². The van der Waals surface area contributed by atoms with Crippen LogP contribution in [-0.4, -0.2) is 19.4 Å². The molecule has 1 aromatic carbocycles. The minimum atomic E-state index is -0.620. The first-order chi connectivity index (χ1) is 6.74. The number of aldehydes is 1. The Hall–Kier alpha value is -2.15. The molecular weight excluding hydrogens is 182 g/mol. The lowest BCUT2D eigenvalue weighted by Crippen LogP contribution is -2.05. The van der Waals surface area contributed by atoms with E-state index < -0.39 is 5.97 Å². The Labute approximate surface area is 80.7 Å².